The second-order valence-corrected chi connectivity index (χ2v) is 3.46. The van der Waals surface area contributed by atoms with Gasteiger partial charge in [-0.25, -0.2) is 0 Å². The first-order valence-electron chi connectivity index (χ1n) is 4.72. The van der Waals surface area contributed by atoms with Crippen molar-refractivity contribution in [2.45, 2.75) is 6.92 Å². The maximum Gasteiger partial charge on any atom is 0.250 e. The summed E-state index contributed by atoms with van der Waals surface area (Å²) in [5, 5.41) is 0. The van der Waals surface area contributed by atoms with Crippen LogP contribution in [0.3, 0.4) is 0 Å². The highest BCUT2D eigenvalue weighted by Gasteiger charge is 2.04. The van der Waals surface area contributed by atoms with Gasteiger partial charge < -0.3 is 10.3 Å². The molecule has 0 aliphatic carbocycles. The second-order valence-electron chi connectivity index (χ2n) is 3.46. The molecule has 0 fully saturated rings. The molecule has 0 saturated carbocycles. The lowest BCUT2D eigenvalue weighted by atomic mass is 10.2. The molecule has 0 saturated heterocycles. The van der Waals surface area contributed by atoms with E-state index in [0.717, 1.165) is 11.3 Å². The minimum Gasteiger partial charge on any atom is -0.366 e. The Morgan fingerprint density at radius 3 is 2.60 bits per heavy atom. The Balaban J connectivity index is 2.46. The van der Waals surface area contributed by atoms with E-state index in [1.165, 1.54) is 0 Å². The lowest BCUT2D eigenvalue weighted by Crippen LogP contribution is -2.09. The predicted octanol–water partition coefficient (Wildman–Crippen LogP) is 1.88. The van der Waals surface area contributed by atoms with Crippen molar-refractivity contribution in [1.82, 2.24) is 4.57 Å². The minimum absolute atomic E-state index is 0.401. The van der Waals surface area contributed by atoms with Gasteiger partial charge in [0.1, 0.15) is 0 Å². The zero-order chi connectivity index (χ0) is 10.8. The third-order valence-electron chi connectivity index (χ3n) is 2.37. The van der Waals surface area contributed by atoms with Crippen molar-refractivity contribution in [3.8, 4) is 5.69 Å². The highest BCUT2D eigenvalue weighted by Crippen LogP contribution is 2.14. The van der Waals surface area contributed by atoms with E-state index in [-0.39, 0.29) is 0 Å². The molecule has 2 N–H and O–H groups in total. The molecule has 3 heteroatoms. The molecule has 0 aliphatic rings. The molecule has 0 bridgehead atoms. The fourth-order valence-corrected chi connectivity index (χ4v) is 1.55. The summed E-state index contributed by atoms with van der Waals surface area (Å²) >= 11 is 0. The van der Waals surface area contributed by atoms with E-state index in [1.807, 2.05) is 42.0 Å². The predicted molar refractivity (Wildman–Crippen MR) is 59.0 cm³/mol. The fraction of sp³-hybridized carbons (Fsp3) is 0.0833. The molecule has 2 aromatic rings. The molecule has 0 unspecified atom stereocenters. The number of primary amides is 1. The first kappa shape index (κ1) is 9.52. The molecule has 0 atom stereocenters. The monoisotopic (exact) mass is 200 g/mol. The Kier molecular flexibility index (Phi) is 2.29. The average molecular weight is 200 g/mol. The van der Waals surface area contributed by atoms with Crippen LogP contribution in [0.15, 0.2) is 42.7 Å². The number of amides is 1. The van der Waals surface area contributed by atoms with Crippen molar-refractivity contribution in [3.05, 3.63) is 53.9 Å². The highest BCUT2D eigenvalue weighted by molar-refractivity contribution is 5.92. The van der Waals surface area contributed by atoms with Gasteiger partial charge in [0.15, 0.2) is 0 Å². The summed E-state index contributed by atoms with van der Waals surface area (Å²) < 4.78 is 1.90. The molecule has 76 valence electrons. The number of carbonyl (C=O) groups excluding carboxylic acids is 1. The summed E-state index contributed by atoms with van der Waals surface area (Å²) in [6.07, 6.45) is 3.58. The van der Waals surface area contributed by atoms with Crippen LogP contribution in [0.1, 0.15) is 15.9 Å². The van der Waals surface area contributed by atoms with E-state index in [4.69, 9.17) is 5.73 Å². The standard InChI is InChI=1S/C12H12N2O/c1-9-4-2-3-5-11(9)14-7-6-10(8-14)12(13)15/h2-8H,1H3,(H2,13,15). The third-order valence-corrected chi connectivity index (χ3v) is 2.37. The molecule has 3 nitrogen and oxygen atoms in total. The second kappa shape index (κ2) is 3.61. The van der Waals surface area contributed by atoms with Crippen molar-refractivity contribution in [3.63, 3.8) is 0 Å². The van der Waals surface area contributed by atoms with E-state index in [9.17, 15) is 4.79 Å². The highest BCUT2D eigenvalue weighted by atomic mass is 16.1. The van der Waals surface area contributed by atoms with Crippen LogP contribution in [0.5, 0.6) is 0 Å². The van der Waals surface area contributed by atoms with Gasteiger partial charge in [0.2, 0.25) is 5.91 Å². The first-order valence-corrected chi connectivity index (χ1v) is 4.72. The first-order chi connectivity index (χ1) is 7.18. The Labute approximate surface area is 88.1 Å². The number of para-hydroxylation sites is 1. The quantitative estimate of drug-likeness (QED) is 0.790. The van der Waals surface area contributed by atoms with Crippen LogP contribution in [0.2, 0.25) is 0 Å². The summed E-state index contributed by atoms with van der Waals surface area (Å²) in [4.78, 5) is 10.9. The molecule has 0 spiro atoms. The summed E-state index contributed by atoms with van der Waals surface area (Å²) in [6, 6.07) is 9.69. The van der Waals surface area contributed by atoms with Gasteiger partial charge >= 0.3 is 0 Å². The van der Waals surface area contributed by atoms with Crippen molar-refractivity contribution in [2.24, 2.45) is 5.73 Å². The van der Waals surface area contributed by atoms with Gasteiger partial charge in [0.25, 0.3) is 0 Å². The lowest BCUT2D eigenvalue weighted by molar-refractivity contribution is 0.100. The van der Waals surface area contributed by atoms with Crippen LogP contribution >= 0.6 is 0 Å². The smallest absolute Gasteiger partial charge is 0.250 e. The molecule has 1 aromatic carbocycles. The molecular weight excluding hydrogens is 188 g/mol. The zero-order valence-electron chi connectivity index (χ0n) is 8.47. The molecule has 1 amide bonds. The van der Waals surface area contributed by atoms with Crippen molar-refractivity contribution in [1.29, 1.82) is 0 Å². The van der Waals surface area contributed by atoms with Crippen molar-refractivity contribution in [2.75, 3.05) is 0 Å². The van der Waals surface area contributed by atoms with Crippen LogP contribution in [0, 0.1) is 6.92 Å². The van der Waals surface area contributed by atoms with E-state index >= 15 is 0 Å². The van der Waals surface area contributed by atoms with E-state index in [0.29, 0.717) is 5.56 Å². The van der Waals surface area contributed by atoms with Crippen LogP contribution < -0.4 is 5.73 Å². The number of carbonyl (C=O) groups is 1. The Hall–Kier alpha value is -2.03. The molecule has 0 aliphatic heterocycles. The number of nitrogens with zero attached hydrogens (tertiary/aromatic N) is 1. The molecule has 0 radical (unpaired) electrons. The SMILES string of the molecule is Cc1ccccc1-n1ccc(C(N)=O)c1. The average Bonchev–Trinajstić information content (AvgIpc) is 2.67. The summed E-state index contributed by atoms with van der Waals surface area (Å²) in [6.45, 7) is 2.03. The summed E-state index contributed by atoms with van der Waals surface area (Å²) in [7, 11) is 0. The van der Waals surface area contributed by atoms with Crippen LogP contribution in [-0.2, 0) is 0 Å². The normalized spacial score (nSPS) is 10.2. The maximum absolute atomic E-state index is 10.9. The number of nitrogens with two attached hydrogens (primary N) is 1. The van der Waals surface area contributed by atoms with Gasteiger partial charge in [0, 0.05) is 18.1 Å². The Bertz CT molecular complexity index is 500. The fourth-order valence-electron chi connectivity index (χ4n) is 1.55. The van der Waals surface area contributed by atoms with Gasteiger partial charge in [-0.2, -0.15) is 0 Å². The number of aryl methyl sites for hydroxylation is 1. The zero-order valence-corrected chi connectivity index (χ0v) is 8.47. The number of hydrogen-bond donors (Lipinski definition) is 1. The van der Waals surface area contributed by atoms with Gasteiger partial charge in [-0.15, -0.1) is 0 Å². The topological polar surface area (TPSA) is 48.0 Å². The van der Waals surface area contributed by atoms with E-state index < -0.39 is 5.91 Å². The molecule has 2 rings (SSSR count). The van der Waals surface area contributed by atoms with E-state index in [2.05, 4.69) is 0 Å². The number of hydrogen-bond acceptors (Lipinski definition) is 1. The molecular formula is C12H12N2O. The Morgan fingerprint density at radius 2 is 2.00 bits per heavy atom. The summed E-state index contributed by atoms with van der Waals surface area (Å²) in [5.74, 6) is -0.401. The number of aromatic nitrogens is 1. The van der Waals surface area contributed by atoms with E-state index in [1.54, 1.807) is 12.3 Å². The van der Waals surface area contributed by atoms with Crippen molar-refractivity contribution >= 4 is 5.91 Å². The number of benzene rings is 1. The van der Waals surface area contributed by atoms with Gasteiger partial charge in [0.05, 0.1) is 5.56 Å². The van der Waals surface area contributed by atoms with Gasteiger partial charge in [-0.3, -0.25) is 4.79 Å². The molecule has 1 heterocycles. The van der Waals surface area contributed by atoms with Crippen LogP contribution in [-0.4, -0.2) is 10.5 Å². The Morgan fingerprint density at radius 1 is 1.27 bits per heavy atom. The number of rotatable bonds is 2. The maximum atomic E-state index is 10.9. The molecule has 1 aromatic heterocycles. The van der Waals surface area contributed by atoms with Gasteiger partial charge in [-0.05, 0) is 24.6 Å². The lowest BCUT2D eigenvalue weighted by Gasteiger charge is -2.05. The van der Waals surface area contributed by atoms with Crippen molar-refractivity contribution < 1.29 is 4.79 Å². The third kappa shape index (κ3) is 1.76. The van der Waals surface area contributed by atoms with Crippen LogP contribution in [0.4, 0.5) is 0 Å². The largest absolute Gasteiger partial charge is 0.366 e. The van der Waals surface area contributed by atoms with Crippen LogP contribution in [0.25, 0.3) is 5.69 Å². The summed E-state index contributed by atoms with van der Waals surface area (Å²) in [5.41, 5.74) is 7.93. The van der Waals surface area contributed by atoms with Gasteiger partial charge in [-0.1, -0.05) is 18.2 Å². The minimum atomic E-state index is -0.401. The molecule has 15 heavy (non-hydrogen) atoms.